The lowest BCUT2D eigenvalue weighted by Crippen LogP contribution is -2.22. The minimum atomic E-state index is -0.756. The topological polar surface area (TPSA) is 136 Å². The Balaban J connectivity index is 1.57. The van der Waals surface area contributed by atoms with Crippen LogP contribution in [0.2, 0.25) is 0 Å². The van der Waals surface area contributed by atoms with E-state index < -0.39 is 23.7 Å². The van der Waals surface area contributed by atoms with Crippen LogP contribution in [0.1, 0.15) is 53.1 Å². The maximum atomic E-state index is 15.0. The highest BCUT2D eigenvalue weighted by Gasteiger charge is 2.21. The number of amides is 3. The average molecular weight is 561 g/mol. The molecular formula is C29H29FN6O5. The van der Waals surface area contributed by atoms with Crippen LogP contribution in [0, 0.1) is 5.82 Å². The highest BCUT2D eigenvalue weighted by molar-refractivity contribution is 6.03. The number of rotatable bonds is 9. The van der Waals surface area contributed by atoms with Gasteiger partial charge in [-0.05, 0) is 54.8 Å². The molecule has 0 fully saturated rings. The Labute approximate surface area is 235 Å². The van der Waals surface area contributed by atoms with E-state index in [-0.39, 0.29) is 46.7 Å². The van der Waals surface area contributed by atoms with Gasteiger partial charge in [-0.25, -0.2) is 18.7 Å². The van der Waals surface area contributed by atoms with Crippen molar-refractivity contribution in [1.82, 2.24) is 20.1 Å². The Morgan fingerprint density at radius 2 is 1.76 bits per heavy atom. The van der Waals surface area contributed by atoms with Crippen molar-refractivity contribution in [3.63, 3.8) is 0 Å². The largest absolute Gasteiger partial charge is 0.462 e. The average Bonchev–Trinajstić information content (AvgIpc) is 3.48. The molecule has 2 heterocycles. The van der Waals surface area contributed by atoms with E-state index in [0.29, 0.717) is 5.69 Å². The fourth-order valence-electron chi connectivity index (χ4n) is 3.98. The second kappa shape index (κ2) is 12.7. The number of urea groups is 1. The Bertz CT molecular complexity index is 1570. The number of ether oxygens (including phenoxy) is 2. The van der Waals surface area contributed by atoms with Gasteiger partial charge in [-0.3, -0.25) is 9.78 Å². The van der Waals surface area contributed by atoms with E-state index in [1.165, 1.54) is 43.6 Å². The molecule has 0 radical (unpaired) electrons. The van der Waals surface area contributed by atoms with E-state index in [4.69, 9.17) is 9.47 Å². The summed E-state index contributed by atoms with van der Waals surface area (Å²) in [5.41, 5.74) is 1.88. The van der Waals surface area contributed by atoms with E-state index in [9.17, 15) is 18.8 Å². The van der Waals surface area contributed by atoms with Crippen molar-refractivity contribution in [3.05, 3.63) is 89.8 Å². The third-order valence-corrected chi connectivity index (χ3v) is 5.87. The van der Waals surface area contributed by atoms with Gasteiger partial charge in [0.05, 0.1) is 29.2 Å². The number of benzene rings is 2. The molecule has 12 heteroatoms. The molecule has 0 atom stereocenters. The van der Waals surface area contributed by atoms with Gasteiger partial charge in [-0.1, -0.05) is 13.8 Å². The lowest BCUT2D eigenvalue weighted by atomic mass is 9.97. The SMILES string of the molecule is CCOC(=O)c1cc(NC(=O)Nc2ccc(Oc3ccnc(C(=O)NC)c3)cc2F)c(-n2cccn2)c(C(C)C)c1. The Kier molecular flexibility index (Phi) is 8.92. The molecule has 0 saturated carbocycles. The van der Waals surface area contributed by atoms with Crippen molar-refractivity contribution in [2.24, 2.45) is 0 Å². The van der Waals surface area contributed by atoms with Crippen molar-refractivity contribution in [1.29, 1.82) is 0 Å². The lowest BCUT2D eigenvalue weighted by molar-refractivity contribution is 0.0526. The maximum absolute atomic E-state index is 15.0. The zero-order valence-corrected chi connectivity index (χ0v) is 22.9. The van der Waals surface area contributed by atoms with Crippen LogP contribution in [-0.2, 0) is 4.74 Å². The van der Waals surface area contributed by atoms with Gasteiger partial charge < -0.3 is 25.4 Å². The Morgan fingerprint density at radius 3 is 2.41 bits per heavy atom. The zero-order valence-electron chi connectivity index (χ0n) is 22.9. The summed E-state index contributed by atoms with van der Waals surface area (Å²) in [7, 11) is 1.48. The summed E-state index contributed by atoms with van der Waals surface area (Å²) < 4.78 is 27.4. The van der Waals surface area contributed by atoms with Crippen molar-refractivity contribution < 1.29 is 28.2 Å². The molecule has 0 bridgehead atoms. The number of hydrogen-bond acceptors (Lipinski definition) is 7. The van der Waals surface area contributed by atoms with E-state index in [1.54, 1.807) is 36.1 Å². The quantitative estimate of drug-likeness (QED) is 0.230. The van der Waals surface area contributed by atoms with Gasteiger partial charge in [0, 0.05) is 37.8 Å². The fourth-order valence-corrected chi connectivity index (χ4v) is 3.98. The van der Waals surface area contributed by atoms with Gasteiger partial charge in [-0.15, -0.1) is 0 Å². The molecule has 2 aromatic heterocycles. The number of pyridine rings is 1. The van der Waals surface area contributed by atoms with Gasteiger partial charge in [0.15, 0.2) is 0 Å². The second-order valence-electron chi connectivity index (χ2n) is 9.07. The number of esters is 1. The van der Waals surface area contributed by atoms with E-state index >= 15 is 0 Å². The molecule has 0 aliphatic heterocycles. The van der Waals surface area contributed by atoms with E-state index in [1.807, 2.05) is 13.8 Å². The fraction of sp³-hybridized carbons (Fsp3) is 0.207. The summed E-state index contributed by atoms with van der Waals surface area (Å²) in [5.74, 6) is -1.30. The highest BCUT2D eigenvalue weighted by atomic mass is 19.1. The molecule has 41 heavy (non-hydrogen) atoms. The summed E-state index contributed by atoms with van der Waals surface area (Å²) in [6.07, 6.45) is 4.71. The zero-order chi connectivity index (χ0) is 29.5. The first kappa shape index (κ1) is 28.7. The normalized spacial score (nSPS) is 10.7. The van der Waals surface area contributed by atoms with Crippen LogP contribution >= 0.6 is 0 Å². The predicted molar refractivity (Wildman–Crippen MR) is 150 cm³/mol. The highest BCUT2D eigenvalue weighted by Crippen LogP contribution is 2.32. The molecule has 0 aliphatic rings. The van der Waals surface area contributed by atoms with Crippen LogP contribution in [0.3, 0.4) is 0 Å². The number of carbonyl (C=O) groups is 3. The third-order valence-electron chi connectivity index (χ3n) is 5.87. The molecular weight excluding hydrogens is 531 g/mol. The summed E-state index contributed by atoms with van der Waals surface area (Å²) in [6, 6.07) is 11.0. The number of hydrogen-bond donors (Lipinski definition) is 3. The Morgan fingerprint density at radius 1 is 1.00 bits per heavy atom. The lowest BCUT2D eigenvalue weighted by Gasteiger charge is -2.20. The predicted octanol–water partition coefficient (Wildman–Crippen LogP) is 5.50. The minimum absolute atomic E-state index is 0.0370. The van der Waals surface area contributed by atoms with Crippen molar-refractivity contribution in [2.45, 2.75) is 26.7 Å². The number of nitrogens with one attached hydrogen (secondary N) is 3. The second-order valence-corrected chi connectivity index (χ2v) is 9.07. The summed E-state index contributed by atoms with van der Waals surface area (Å²) in [4.78, 5) is 41.4. The smallest absolute Gasteiger partial charge is 0.338 e. The molecule has 3 amide bonds. The first-order chi connectivity index (χ1) is 19.7. The van der Waals surface area contributed by atoms with Crippen LogP contribution < -0.4 is 20.7 Å². The van der Waals surface area contributed by atoms with Crippen LogP contribution in [0.15, 0.2) is 67.1 Å². The molecule has 4 aromatic rings. The number of nitrogens with zero attached hydrogens (tertiary/aromatic N) is 3. The van der Waals surface area contributed by atoms with Gasteiger partial charge in [-0.2, -0.15) is 5.10 Å². The summed E-state index contributed by atoms with van der Waals surface area (Å²) >= 11 is 0. The first-order valence-corrected chi connectivity index (χ1v) is 12.8. The van der Waals surface area contributed by atoms with Gasteiger partial charge in [0.25, 0.3) is 5.91 Å². The summed E-state index contributed by atoms with van der Waals surface area (Å²) in [6.45, 7) is 5.79. The standard InChI is InChI=1S/C29H29FN6O5/c1-5-40-28(38)18-13-21(17(2)3)26(36-12-6-10-33-36)24(14-18)35-29(39)34-23-8-7-19(15-22(23)30)41-20-9-11-32-25(16-20)27(37)31-4/h6-17H,5H2,1-4H3,(H,31,37)(H2,34,35,39). The van der Waals surface area contributed by atoms with Gasteiger partial charge in [0.2, 0.25) is 0 Å². The van der Waals surface area contributed by atoms with Crippen LogP contribution in [-0.4, -0.2) is 46.3 Å². The van der Waals surface area contributed by atoms with Crippen LogP contribution in [0.5, 0.6) is 11.5 Å². The molecule has 0 spiro atoms. The molecule has 11 nitrogen and oxygen atoms in total. The van der Waals surface area contributed by atoms with Crippen LogP contribution in [0.4, 0.5) is 20.6 Å². The molecule has 3 N–H and O–H groups in total. The molecule has 2 aromatic carbocycles. The molecule has 4 rings (SSSR count). The monoisotopic (exact) mass is 560 g/mol. The molecule has 0 saturated heterocycles. The number of halogens is 1. The Hall–Kier alpha value is -5.26. The van der Waals surface area contributed by atoms with Gasteiger partial charge >= 0.3 is 12.0 Å². The minimum Gasteiger partial charge on any atom is -0.462 e. The third kappa shape index (κ3) is 6.85. The van der Waals surface area contributed by atoms with Crippen LogP contribution in [0.25, 0.3) is 5.69 Å². The number of anilines is 2. The molecule has 0 aliphatic carbocycles. The summed E-state index contributed by atoms with van der Waals surface area (Å²) in [5, 5.41) is 12.0. The van der Waals surface area contributed by atoms with Crippen molar-refractivity contribution >= 4 is 29.3 Å². The number of carbonyl (C=O) groups excluding carboxylic acids is 3. The number of aromatic nitrogens is 3. The van der Waals surface area contributed by atoms with E-state index in [0.717, 1.165) is 11.6 Å². The maximum Gasteiger partial charge on any atom is 0.338 e. The van der Waals surface area contributed by atoms with Crippen molar-refractivity contribution in [3.8, 4) is 17.2 Å². The molecule has 212 valence electrons. The van der Waals surface area contributed by atoms with E-state index in [2.05, 4.69) is 26.0 Å². The van der Waals surface area contributed by atoms with Gasteiger partial charge in [0.1, 0.15) is 23.0 Å². The van der Waals surface area contributed by atoms with Crippen molar-refractivity contribution in [2.75, 3.05) is 24.3 Å². The molecule has 0 unspecified atom stereocenters. The first-order valence-electron chi connectivity index (χ1n) is 12.8.